The first kappa shape index (κ1) is 20.2. The van der Waals surface area contributed by atoms with Gasteiger partial charge in [0.25, 0.3) is 5.56 Å². The van der Waals surface area contributed by atoms with E-state index in [2.05, 4.69) is 16.3 Å². The molecule has 4 aliphatic rings. The van der Waals surface area contributed by atoms with Gasteiger partial charge in [0.05, 0.1) is 12.6 Å². The van der Waals surface area contributed by atoms with Crippen molar-refractivity contribution in [2.75, 3.05) is 46.9 Å². The van der Waals surface area contributed by atoms with Gasteiger partial charge in [0.2, 0.25) is 5.91 Å². The van der Waals surface area contributed by atoms with Crippen molar-refractivity contribution in [3.05, 3.63) is 33.7 Å². The molecule has 5 rings (SSSR count). The lowest BCUT2D eigenvalue weighted by atomic mass is 9.83. The van der Waals surface area contributed by atoms with E-state index in [1.54, 1.807) is 0 Å². The minimum atomic E-state index is 0.161. The Kier molecular flexibility index (Phi) is 5.45. The van der Waals surface area contributed by atoms with Crippen LogP contribution in [-0.2, 0) is 22.6 Å². The molecular weight excluding hydrogens is 380 g/mol. The van der Waals surface area contributed by atoms with Crippen molar-refractivity contribution < 1.29 is 9.53 Å². The molecule has 2 saturated heterocycles. The third kappa shape index (κ3) is 3.51. The van der Waals surface area contributed by atoms with Crippen LogP contribution in [0.1, 0.15) is 36.4 Å². The molecule has 1 unspecified atom stereocenters. The Labute approximate surface area is 178 Å². The Hall–Kier alpha value is -1.70. The number of piperidine rings is 2. The molecule has 3 fully saturated rings. The van der Waals surface area contributed by atoms with E-state index >= 15 is 0 Å². The maximum Gasteiger partial charge on any atom is 0.255 e. The summed E-state index contributed by atoms with van der Waals surface area (Å²) in [5, 5.41) is 2.96. The molecule has 164 valence electrons. The van der Waals surface area contributed by atoms with Crippen molar-refractivity contribution in [3.63, 3.8) is 0 Å². The quantitative estimate of drug-likeness (QED) is 0.775. The number of nitrogens with one attached hydrogen (secondary N) is 1. The first-order valence-corrected chi connectivity index (χ1v) is 11.5. The predicted octanol–water partition coefficient (Wildman–Crippen LogP) is 0.870. The summed E-state index contributed by atoms with van der Waals surface area (Å²) in [6, 6.07) is 4.20. The van der Waals surface area contributed by atoms with E-state index in [-0.39, 0.29) is 17.4 Å². The average Bonchev–Trinajstić information content (AvgIpc) is 2.99. The summed E-state index contributed by atoms with van der Waals surface area (Å²) in [6.45, 7) is 5.41. The summed E-state index contributed by atoms with van der Waals surface area (Å²) in [4.78, 5) is 30.2. The molecule has 5 atom stereocenters. The van der Waals surface area contributed by atoms with Gasteiger partial charge in [0.1, 0.15) is 0 Å². The van der Waals surface area contributed by atoms with Gasteiger partial charge < -0.3 is 19.5 Å². The fourth-order valence-corrected chi connectivity index (χ4v) is 6.60. The van der Waals surface area contributed by atoms with Crippen LogP contribution in [0.25, 0.3) is 0 Å². The number of hydrogen-bond acceptors (Lipinski definition) is 5. The molecule has 1 amide bonds. The van der Waals surface area contributed by atoms with Crippen LogP contribution in [0.15, 0.2) is 16.9 Å². The summed E-state index contributed by atoms with van der Waals surface area (Å²) >= 11 is 0. The van der Waals surface area contributed by atoms with Gasteiger partial charge in [0, 0.05) is 63.6 Å². The maximum atomic E-state index is 13.4. The number of amides is 1. The zero-order chi connectivity index (χ0) is 20.8. The summed E-state index contributed by atoms with van der Waals surface area (Å²) in [5.41, 5.74) is 2.20. The van der Waals surface area contributed by atoms with E-state index in [9.17, 15) is 9.59 Å². The molecule has 1 aromatic heterocycles. The molecule has 1 N–H and O–H groups in total. The smallest absolute Gasteiger partial charge is 0.255 e. The number of hydrogen-bond donors (Lipinski definition) is 1. The number of rotatable bonds is 5. The van der Waals surface area contributed by atoms with Crippen molar-refractivity contribution >= 4 is 5.91 Å². The highest BCUT2D eigenvalue weighted by Crippen LogP contribution is 2.39. The molecular formula is C23H34N4O3. The molecule has 0 radical (unpaired) electrons. The zero-order valence-electron chi connectivity index (χ0n) is 18.2. The van der Waals surface area contributed by atoms with Crippen molar-refractivity contribution in [2.45, 2.75) is 44.4 Å². The van der Waals surface area contributed by atoms with Gasteiger partial charge in [-0.2, -0.15) is 0 Å². The monoisotopic (exact) mass is 414 g/mol. The third-order valence-electron chi connectivity index (χ3n) is 7.85. The van der Waals surface area contributed by atoms with Gasteiger partial charge in [-0.1, -0.05) is 6.07 Å². The normalized spacial score (nSPS) is 32.9. The number of fused-ring (bicyclic) bond motifs is 6. The highest BCUT2D eigenvalue weighted by atomic mass is 16.5. The lowest BCUT2D eigenvalue weighted by Gasteiger charge is -2.43. The van der Waals surface area contributed by atoms with Gasteiger partial charge in [-0.3, -0.25) is 14.5 Å². The predicted molar refractivity (Wildman–Crippen MR) is 114 cm³/mol. The first-order valence-electron chi connectivity index (χ1n) is 11.5. The van der Waals surface area contributed by atoms with Crippen LogP contribution in [0, 0.1) is 17.8 Å². The largest absolute Gasteiger partial charge is 0.381 e. The van der Waals surface area contributed by atoms with E-state index in [0.29, 0.717) is 30.4 Å². The van der Waals surface area contributed by atoms with E-state index in [1.807, 2.05) is 29.7 Å². The van der Waals surface area contributed by atoms with Gasteiger partial charge >= 0.3 is 0 Å². The Morgan fingerprint density at radius 2 is 1.90 bits per heavy atom. The van der Waals surface area contributed by atoms with Crippen LogP contribution in [0.5, 0.6) is 0 Å². The highest BCUT2D eigenvalue weighted by molar-refractivity contribution is 5.78. The maximum absolute atomic E-state index is 13.4. The van der Waals surface area contributed by atoms with Crippen LogP contribution in [0.4, 0.5) is 0 Å². The van der Waals surface area contributed by atoms with Crippen LogP contribution in [-0.4, -0.2) is 73.3 Å². The number of likely N-dealkylation sites (N-methyl/N-ethyl adjacent to an activating group) is 1. The van der Waals surface area contributed by atoms with Crippen molar-refractivity contribution in [3.8, 4) is 0 Å². The van der Waals surface area contributed by atoms with Crippen LogP contribution < -0.4 is 10.9 Å². The minimum absolute atomic E-state index is 0.161. The van der Waals surface area contributed by atoms with E-state index in [4.69, 9.17) is 4.74 Å². The second kappa shape index (κ2) is 8.09. The lowest BCUT2D eigenvalue weighted by molar-refractivity contribution is -0.132. The third-order valence-corrected chi connectivity index (χ3v) is 7.85. The number of aromatic nitrogens is 1. The van der Waals surface area contributed by atoms with Gasteiger partial charge in [-0.05, 0) is 50.1 Å². The molecule has 4 heterocycles. The SMILES string of the molecule is CNCC(=O)N1C[C@@H]2C[C@H](C1)c1ccc(CN3C[C@H]4CC[C@@H](C3)C4OC)c(=O)n1C2. The number of pyridine rings is 1. The molecule has 1 aromatic rings. The Morgan fingerprint density at radius 1 is 1.13 bits per heavy atom. The number of methoxy groups -OCH3 is 1. The number of carbonyl (C=O) groups is 1. The lowest BCUT2D eigenvalue weighted by Crippen LogP contribution is -2.51. The number of likely N-dealkylation sites (tertiary alicyclic amines) is 2. The van der Waals surface area contributed by atoms with Crippen LogP contribution in [0.3, 0.4) is 0 Å². The standard InChI is InChI=1S/C23H34N4O3/c1-24-8-21(28)26-9-15-7-19(14-26)20-6-5-18(23(29)27(20)10-15)13-25-11-16-3-4-17(12-25)22(16)30-2/h5-6,15-17,19,22,24H,3-4,7-14H2,1-2H3/t15-,16-,17+,19+,22?/m0/s1. The number of carbonyl (C=O) groups excluding carboxylic acids is 1. The highest BCUT2D eigenvalue weighted by Gasteiger charge is 2.42. The summed E-state index contributed by atoms with van der Waals surface area (Å²) in [5.74, 6) is 2.02. The molecule has 3 aliphatic heterocycles. The summed E-state index contributed by atoms with van der Waals surface area (Å²) in [7, 11) is 3.65. The minimum Gasteiger partial charge on any atom is -0.381 e. The Morgan fingerprint density at radius 3 is 2.60 bits per heavy atom. The molecule has 7 nitrogen and oxygen atoms in total. The Balaban J connectivity index is 1.32. The van der Waals surface area contributed by atoms with Gasteiger partial charge in [-0.15, -0.1) is 0 Å². The summed E-state index contributed by atoms with van der Waals surface area (Å²) in [6.07, 6.45) is 3.97. The first-order chi connectivity index (χ1) is 14.6. The van der Waals surface area contributed by atoms with Crippen LogP contribution in [0.2, 0.25) is 0 Å². The number of nitrogens with zero attached hydrogens (tertiary/aromatic N) is 3. The molecule has 7 heteroatoms. The summed E-state index contributed by atoms with van der Waals surface area (Å²) < 4.78 is 7.75. The van der Waals surface area contributed by atoms with E-state index < -0.39 is 0 Å². The van der Waals surface area contributed by atoms with E-state index in [0.717, 1.165) is 56.9 Å². The Bertz CT molecular complexity index is 854. The molecule has 1 saturated carbocycles. The molecule has 1 aliphatic carbocycles. The average molecular weight is 415 g/mol. The molecule has 30 heavy (non-hydrogen) atoms. The second-order valence-corrected chi connectivity index (χ2v) is 9.82. The second-order valence-electron chi connectivity index (χ2n) is 9.82. The van der Waals surface area contributed by atoms with Crippen molar-refractivity contribution in [1.82, 2.24) is 19.7 Å². The van der Waals surface area contributed by atoms with Gasteiger partial charge in [0.15, 0.2) is 0 Å². The molecule has 0 aromatic carbocycles. The molecule has 0 spiro atoms. The fraction of sp³-hybridized carbons (Fsp3) is 0.739. The van der Waals surface area contributed by atoms with Crippen molar-refractivity contribution in [1.29, 1.82) is 0 Å². The van der Waals surface area contributed by atoms with Crippen LogP contribution >= 0.6 is 0 Å². The van der Waals surface area contributed by atoms with E-state index in [1.165, 1.54) is 12.8 Å². The number of ether oxygens (including phenoxy) is 1. The fourth-order valence-electron chi connectivity index (χ4n) is 6.60. The topological polar surface area (TPSA) is 66.8 Å². The van der Waals surface area contributed by atoms with Gasteiger partial charge in [-0.25, -0.2) is 0 Å². The zero-order valence-corrected chi connectivity index (χ0v) is 18.2. The van der Waals surface area contributed by atoms with Crippen molar-refractivity contribution in [2.24, 2.45) is 17.8 Å². The molecule has 4 bridgehead atoms.